The van der Waals surface area contributed by atoms with Gasteiger partial charge in [0.2, 0.25) is 0 Å². The number of ether oxygens (including phenoxy) is 1. The maximum atomic E-state index is 11.5. The SMILES string of the molecule is CC(=Cc1ccccc1)COCCC(Sc1ccc(C)cc1)C(=O)O. The van der Waals surface area contributed by atoms with Gasteiger partial charge in [0, 0.05) is 11.5 Å². The monoisotopic (exact) mass is 356 g/mol. The van der Waals surface area contributed by atoms with Gasteiger partial charge in [0.1, 0.15) is 5.25 Å². The van der Waals surface area contributed by atoms with E-state index in [1.807, 2.05) is 68.4 Å². The van der Waals surface area contributed by atoms with Gasteiger partial charge >= 0.3 is 5.97 Å². The zero-order chi connectivity index (χ0) is 18.1. The molecule has 2 aromatic carbocycles. The van der Waals surface area contributed by atoms with Crippen molar-refractivity contribution in [3.05, 3.63) is 71.3 Å². The van der Waals surface area contributed by atoms with Crippen molar-refractivity contribution in [2.45, 2.75) is 30.4 Å². The molecular formula is C21H24O3S. The van der Waals surface area contributed by atoms with Gasteiger partial charge in [-0.25, -0.2) is 0 Å². The summed E-state index contributed by atoms with van der Waals surface area (Å²) in [5, 5.41) is 8.91. The average molecular weight is 356 g/mol. The highest BCUT2D eigenvalue weighted by Crippen LogP contribution is 2.26. The highest BCUT2D eigenvalue weighted by atomic mass is 32.2. The van der Waals surface area contributed by atoms with E-state index in [9.17, 15) is 9.90 Å². The van der Waals surface area contributed by atoms with E-state index in [1.54, 1.807) is 0 Å². The summed E-state index contributed by atoms with van der Waals surface area (Å²) in [6.07, 6.45) is 2.56. The van der Waals surface area contributed by atoms with Gasteiger partial charge in [-0.2, -0.15) is 0 Å². The van der Waals surface area contributed by atoms with Crippen molar-refractivity contribution in [1.82, 2.24) is 0 Å². The minimum Gasteiger partial charge on any atom is -0.480 e. The summed E-state index contributed by atoms with van der Waals surface area (Å²) < 4.78 is 5.66. The van der Waals surface area contributed by atoms with Crippen LogP contribution in [0.5, 0.6) is 0 Å². The summed E-state index contributed by atoms with van der Waals surface area (Å²) in [4.78, 5) is 12.4. The molecular weight excluding hydrogens is 332 g/mol. The van der Waals surface area contributed by atoms with Crippen LogP contribution in [-0.2, 0) is 9.53 Å². The van der Waals surface area contributed by atoms with Gasteiger partial charge in [-0.1, -0.05) is 54.1 Å². The highest BCUT2D eigenvalue weighted by Gasteiger charge is 2.18. The third-order valence-corrected chi connectivity index (χ3v) is 4.91. The number of benzene rings is 2. The summed E-state index contributed by atoms with van der Waals surface area (Å²) in [5.41, 5.74) is 3.42. The molecule has 0 heterocycles. The number of carbonyl (C=O) groups is 1. The molecule has 25 heavy (non-hydrogen) atoms. The number of aliphatic carboxylic acids is 1. The molecule has 0 aliphatic carbocycles. The van der Waals surface area contributed by atoms with Crippen molar-refractivity contribution < 1.29 is 14.6 Å². The molecule has 132 valence electrons. The first kappa shape index (κ1) is 19.3. The van der Waals surface area contributed by atoms with Crippen LogP contribution in [0.1, 0.15) is 24.5 Å². The fraction of sp³-hybridized carbons (Fsp3) is 0.286. The summed E-state index contributed by atoms with van der Waals surface area (Å²) >= 11 is 1.37. The Morgan fingerprint density at radius 3 is 2.48 bits per heavy atom. The van der Waals surface area contributed by atoms with Gasteiger partial charge in [0.05, 0.1) is 6.61 Å². The van der Waals surface area contributed by atoms with Crippen LogP contribution < -0.4 is 0 Å². The van der Waals surface area contributed by atoms with Crippen molar-refractivity contribution >= 4 is 23.8 Å². The zero-order valence-electron chi connectivity index (χ0n) is 14.6. The normalized spacial score (nSPS) is 12.8. The van der Waals surface area contributed by atoms with Crippen LogP contribution in [0.15, 0.2) is 65.1 Å². The van der Waals surface area contributed by atoms with Crippen LogP contribution in [0, 0.1) is 6.92 Å². The second kappa shape index (κ2) is 10.1. The summed E-state index contributed by atoms with van der Waals surface area (Å²) in [6.45, 7) is 4.97. The lowest BCUT2D eigenvalue weighted by atomic mass is 10.1. The molecule has 0 saturated carbocycles. The Balaban J connectivity index is 1.78. The second-order valence-electron chi connectivity index (χ2n) is 6.00. The number of hydrogen-bond donors (Lipinski definition) is 1. The molecule has 2 rings (SSSR count). The largest absolute Gasteiger partial charge is 0.480 e. The number of rotatable bonds is 9. The molecule has 0 radical (unpaired) electrons. The van der Waals surface area contributed by atoms with Gasteiger partial charge in [0.25, 0.3) is 0 Å². The second-order valence-corrected chi connectivity index (χ2v) is 7.28. The Labute approximate surface area is 153 Å². The maximum absolute atomic E-state index is 11.5. The lowest BCUT2D eigenvalue weighted by Gasteiger charge is -2.12. The molecule has 0 aliphatic heterocycles. The Hall–Kier alpha value is -2.04. The van der Waals surface area contributed by atoms with E-state index in [0.29, 0.717) is 19.6 Å². The number of hydrogen-bond acceptors (Lipinski definition) is 3. The molecule has 2 aromatic rings. The van der Waals surface area contributed by atoms with E-state index >= 15 is 0 Å². The van der Waals surface area contributed by atoms with E-state index in [2.05, 4.69) is 6.08 Å². The summed E-state index contributed by atoms with van der Waals surface area (Å²) in [5.74, 6) is -0.800. The average Bonchev–Trinajstić information content (AvgIpc) is 2.60. The number of carboxylic acids is 1. The quantitative estimate of drug-likeness (QED) is 0.504. The van der Waals surface area contributed by atoms with Crippen LogP contribution in [0.25, 0.3) is 6.08 Å². The fourth-order valence-electron chi connectivity index (χ4n) is 2.31. The van der Waals surface area contributed by atoms with Crippen LogP contribution >= 0.6 is 11.8 Å². The van der Waals surface area contributed by atoms with Gasteiger partial charge in [-0.15, -0.1) is 11.8 Å². The molecule has 0 bridgehead atoms. The van der Waals surface area contributed by atoms with Crippen LogP contribution in [0.3, 0.4) is 0 Å². The van der Waals surface area contributed by atoms with E-state index in [-0.39, 0.29) is 0 Å². The number of thioether (sulfide) groups is 1. The Bertz CT molecular complexity index is 693. The predicted octanol–water partition coefficient (Wildman–Crippen LogP) is 5.05. The summed E-state index contributed by atoms with van der Waals surface area (Å²) in [6, 6.07) is 18.0. The Morgan fingerprint density at radius 1 is 1.16 bits per heavy atom. The molecule has 0 amide bonds. The smallest absolute Gasteiger partial charge is 0.317 e. The van der Waals surface area contributed by atoms with Crippen molar-refractivity contribution in [3.63, 3.8) is 0 Å². The van der Waals surface area contributed by atoms with Crippen molar-refractivity contribution in [2.24, 2.45) is 0 Å². The van der Waals surface area contributed by atoms with Gasteiger partial charge < -0.3 is 9.84 Å². The number of aryl methyl sites for hydroxylation is 1. The van der Waals surface area contributed by atoms with Crippen LogP contribution in [0.2, 0.25) is 0 Å². The molecule has 0 fully saturated rings. The molecule has 0 aliphatic rings. The molecule has 1 unspecified atom stereocenters. The topological polar surface area (TPSA) is 46.5 Å². The van der Waals surface area contributed by atoms with E-state index in [4.69, 9.17) is 4.74 Å². The zero-order valence-corrected chi connectivity index (χ0v) is 15.5. The van der Waals surface area contributed by atoms with E-state index < -0.39 is 11.2 Å². The first-order valence-corrected chi connectivity index (χ1v) is 9.18. The summed E-state index contributed by atoms with van der Waals surface area (Å²) in [7, 11) is 0. The van der Waals surface area contributed by atoms with E-state index in [1.165, 1.54) is 17.3 Å². The molecule has 1 atom stereocenters. The maximum Gasteiger partial charge on any atom is 0.317 e. The number of carboxylic acid groups (broad SMARTS) is 1. The van der Waals surface area contributed by atoms with Crippen LogP contribution in [-0.4, -0.2) is 29.5 Å². The first-order valence-electron chi connectivity index (χ1n) is 8.30. The Morgan fingerprint density at radius 2 is 1.84 bits per heavy atom. The van der Waals surface area contributed by atoms with Crippen molar-refractivity contribution in [1.29, 1.82) is 0 Å². The van der Waals surface area contributed by atoms with Gasteiger partial charge in [-0.3, -0.25) is 4.79 Å². The van der Waals surface area contributed by atoms with E-state index in [0.717, 1.165) is 16.0 Å². The third kappa shape index (κ3) is 7.16. The molecule has 1 N–H and O–H groups in total. The Kier molecular flexibility index (Phi) is 7.76. The lowest BCUT2D eigenvalue weighted by Crippen LogP contribution is -2.18. The highest BCUT2D eigenvalue weighted by molar-refractivity contribution is 8.00. The minimum absolute atomic E-state index is 0.426. The third-order valence-electron chi connectivity index (χ3n) is 3.64. The molecule has 3 nitrogen and oxygen atoms in total. The van der Waals surface area contributed by atoms with Crippen molar-refractivity contribution in [2.75, 3.05) is 13.2 Å². The molecule has 4 heteroatoms. The molecule has 0 spiro atoms. The van der Waals surface area contributed by atoms with Crippen LogP contribution in [0.4, 0.5) is 0 Å². The standard InChI is InChI=1S/C21H24O3S/c1-16-8-10-19(11-9-16)25-20(21(22)23)12-13-24-15-17(2)14-18-6-4-3-5-7-18/h3-11,14,20H,12-13,15H2,1-2H3,(H,22,23). The first-order chi connectivity index (χ1) is 12.0. The molecule has 0 aromatic heterocycles. The lowest BCUT2D eigenvalue weighted by molar-refractivity contribution is -0.136. The molecule has 0 saturated heterocycles. The van der Waals surface area contributed by atoms with Gasteiger partial charge in [-0.05, 0) is 43.5 Å². The minimum atomic E-state index is -0.800. The predicted molar refractivity (Wildman–Crippen MR) is 104 cm³/mol. The fourth-order valence-corrected chi connectivity index (χ4v) is 3.25. The van der Waals surface area contributed by atoms with Crippen molar-refractivity contribution in [3.8, 4) is 0 Å². The van der Waals surface area contributed by atoms with Gasteiger partial charge in [0.15, 0.2) is 0 Å².